The minimum absolute atomic E-state index is 0.118. The van der Waals surface area contributed by atoms with Crippen molar-refractivity contribution in [2.24, 2.45) is 11.7 Å². The summed E-state index contributed by atoms with van der Waals surface area (Å²) in [5.41, 5.74) is 5.61. The maximum atomic E-state index is 12.1. The maximum Gasteiger partial charge on any atom is 0.230 e. The number of aromatic nitrogens is 2. The molecule has 6 heteroatoms. The summed E-state index contributed by atoms with van der Waals surface area (Å²) in [5, 5.41) is 2.94. The average Bonchev–Trinajstić information content (AvgIpc) is 2.85. The molecule has 0 aromatic carbocycles. The van der Waals surface area contributed by atoms with Gasteiger partial charge in [-0.25, -0.2) is 4.98 Å². The number of carbonyl (C=O) groups is 1. The Morgan fingerprint density at radius 1 is 1.61 bits per heavy atom. The zero-order valence-corrected chi connectivity index (χ0v) is 11.6. The number of thiocarbonyl (C=S) groups is 1. The van der Waals surface area contributed by atoms with E-state index < -0.39 is 5.92 Å². The number of nitrogens with one attached hydrogen (secondary N) is 2. The first-order chi connectivity index (χ1) is 8.60. The first kappa shape index (κ1) is 14.6. The van der Waals surface area contributed by atoms with Crippen molar-refractivity contribution in [2.45, 2.75) is 39.2 Å². The molecule has 0 aliphatic carbocycles. The molecule has 4 N–H and O–H groups in total. The Kier molecular flexibility index (Phi) is 5.77. The molecule has 1 heterocycles. The third-order valence-corrected chi connectivity index (χ3v) is 3.10. The molecule has 1 aromatic heterocycles. The second-order valence-electron chi connectivity index (χ2n) is 4.19. The Balaban J connectivity index is 2.69. The van der Waals surface area contributed by atoms with Crippen LogP contribution in [-0.4, -0.2) is 20.9 Å². The summed E-state index contributed by atoms with van der Waals surface area (Å²) < 4.78 is 0. The highest BCUT2D eigenvalue weighted by Crippen LogP contribution is 2.14. The van der Waals surface area contributed by atoms with Gasteiger partial charge in [-0.15, -0.1) is 0 Å². The van der Waals surface area contributed by atoms with Gasteiger partial charge in [0.1, 0.15) is 5.82 Å². The molecule has 1 amide bonds. The zero-order valence-electron chi connectivity index (χ0n) is 10.8. The smallest absolute Gasteiger partial charge is 0.230 e. The van der Waals surface area contributed by atoms with Gasteiger partial charge in [-0.2, -0.15) is 0 Å². The van der Waals surface area contributed by atoms with E-state index in [1.807, 2.05) is 13.8 Å². The standard InChI is InChI=1S/C12H20N4OS/c1-3-5-8(10(13)18)12(17)16-9(4-2)11-14-6-7-15-11/h6-9H,3-5H2,1-2H3,(H2,13,18)(H,14,15)(H,16,17). The molecule has 0 radical (unpaired) electrons. The van der Waals surface area contributed by atoms with Crippen LogP contribution in [0.1, 0.15) is 45.0 Å². The van der Waals surface area contributed by atoms with Gasteiger partial charge in [-0.05, 0) is 12.8 Å². The minimum Gasteiger partial charge on any atom is -0.393 e. The van der Waals surface area contributed by atoms with Crippen LogP contribution in [0.4, 0.5) is 0 Å². The second kappa shape index (κ2) is 7.10. The molecular formula is C12H20N4OS. The number of hydrogen-bond donors (Lipinski definition) is 3. The van der Waals surface area contributed by atoms with Crippen LogP contribution in [0, 0.1) is 5.92 Å². The molecule has 0 fully saturated rings. The molecule has 2 atom stereocenters. The first-order valence-electron chi connectivity index (χ1n) is 6.19. The minimum atomic E-state index is -0.394. The fourth-order valence-electron chi connectivity index (χ4n) is 1.80. The van der Waals surface area contributed by atoms with Crippen LogP contribution >= 0.6 is 12.2 Å². The Morgan fingerprint density at radius 2 is 2.33 bits per heavy atom. The summed E-state index contributed by atoms with van der Waals surface area (Å²) in [5.74, 6) is 0.241. The molecule has 0 saturated heterocycles. The molecular weight excluding hydrogens is 248 g/mol. The molecule has 100 valence electrons. The van der Waals surface area contributed by atoms with Gasteiger partial charge in [-0.3, -0.25) is 4.79 Å². The summed E-state index contributed by atoms with van der Waals surface area (Å²) in [6.45, 7) is 3.99. The third-order valence-electron chi connectivity index (χ3n) is 2.81. The van der Waals surface area contributed by atoms with Crippen LogP contribution in [0.25, 0.3) is 0 Å². The van der Waals surface area contributed by atoms with Gasteiger partial charge in [0.05, 0.1) is 16.9 Å². The molecule has 0 bridgehead atoms. The van der Waals surface area contributed by atoms with E-state index in [9.17, 15) is 4.79 Å². The van der Waals surface area contributed by atoms with Gasteiger partial charge in [-0.1, -0.05) is 32.5 Å². The van der Waals surface area contributed by atoms with Crippen LogP contribution in [0.2, 0.25) is 0 Å². The third kappa shape index (κ3) is 3.80. The van der Waals surface area contributed by atoms with Gasteiger partial charge in [0.15, 0.2) is 0 Å². The van der Waals surface area contributed by atoms with Gasteiger partial charge in [0.2, 0.25) is 5.91 Å². The lowest BCUT2D eigenvalue weighted by atomic mass is 10.0. The summed E-state index contributed by atoms with van der Waals surface area (Å²) in [4.78, 5) is 19.5. The largest absolute Gasteiger partial charge is 0.393 e. The molecule has 0 aliphatic heterocycles. The van der Waals surface area contributed by atoms with Crippen LogP contribution in [0.5, 0.6) is 0 Å². The van der Waals surface area contributed by atoms with Crippen LogP contribution < -0.4 is 11.1 Å². The number of amides is 1. The molecule has 0 aliphatic rings. The van der Waals surface area contributed by atoms with Crippen molar-refractivity contribution >= 4 is 23.1 Å². The van der Waals surface area contributed by atoms with E-state index in [4.69, 9.17) is 18.0 Å². The highest BCUT2D eigenvalue weighted by molar-refractivity contribution is 7.80. The van der Waals surface area contributed by atoms with Crippen molar-refractivity contribution in [3.8, 4) is 0 Å². The highest BCUT2D eigenvalue weighted by Gasteiger charge is 2.23. The van der Waals surface area contributed by atoms with E-state index in [2.05, 4.69) is 15.3 Å². The van der Waals surface area contributed by atoms with E-state index in [1.54, 1.807) is 12.4 Å². The van der Waals surface area contributed by atoms with Gasteiger partial charge in [0, 0.05) is 12.4 Å². The SMILES string of the molecule is CCCC(C(=O)NC(CC)c1ncc[nH]1)C(N)=S. The normalized spacial score (nSPS) is 13.9. The molecule has 18 heavy (non-hydrogen) atoms. The Morgan fingerprint density at radius 3 is 2.78 bits per heavy atom. The number of hydrogen-bond acceptors (Lipinski definition) is 3. The monoisotopic (exact) mass is 268 g/mol. The predicted molar refractivity (Wildman–Crippen MR) is 74.9 cm³/mol. The number of nitrogens with zero attached hydrogens (tertiary/aromatic N) is 1. The van der Waals surface area contributed by atoms with Crippen molar-refractivity contribution < 1.29 is 4.79 Å². The number of carbonyl (C=O) groups excluding carboxylic acids is 1. The van der Waals surface area contributed by atoms with Gasteiger partial charge < -0.3 is 16.0 Å². The Hall–Kier alpha value is -1.43. The van der Waals surface area contributed by atoms with Crippen molar-refractivity contribution in [1.29, 1.82) is 0 Å². The average molecular weight is 268 g/mol. The van der Waals surface area contributed by atoms with E-state index >= 15 is 0 Å². The van der Waals surface area contributed by atoms with Crippen molar-refractivity contribution in [3.63, 3.8) is 0 Å². The Labute approximate surface area is 113 Å². The second-order valence-corrected chi connectivity index (χ2v) is 4.66. The van der Waals surface area contributed by atoms with E-state index in [0.29, 0.717) is 6.42 Å². The first-order valence-corrected chi connectivity index (χ1v) is 6.59. The van der Waals surface area contributed by atoms with Crippen molar-refractivity contribution in [1.82, 2.24) is 15.3 Å². The summed E-state index contributed by atoms with van der Waals surface area (Å²) in [6, 6.07) is -0.124. The Bertz CT molecular complexity index is 391. The lowest BCUT2D eigenvalue weighted by Crippen LogP contribution is -2.39. The fraction of sp³-hybridized carbons (Fsp3) is 0.583. The van der Waals surface area contributed by atoms with Crippen molar-refractivity contribution in [2.75, 3.05) is 0 Å². The van der Waals surface area contributed by atoms with Crippen molar-refractivity contribution in [3.05, 3.63) is 18.2 Å². The summed E-state index contributed by atoms with van der Waals surface area (Å²) >= 11 is 4.94. The fourth-order valence-corrected chi connectivity index (χ4v) is 2.02. The van der Waals surface area contributed by atoms with Gasteiger partial charge >= 0.3 is 0 Å². The maximum absolute atomic E-state index is 12.1. The number of nitrogens with two attached hydrogens (primary N) is 1. The van der Waals surface area contributed by atoms with E-state index in [-0.39, 0.29) is 16.9 Å². The summed E-state index contributed by atoms with van der Waals surface area (Å²) in [7, 11) is 0. The quantitative estimate of drug-likeness (QED) is 0.657. The number of H-pyrrole nitrogens is 1. The lowest BCUT2D eigenvalue weighted by Gasteiger charge is -2.19. The zero-order chi connectivity index (χ0) is 13.5. The van der Waals surface area contributed by atoms with E-state index in [1.165, 1.54) is 0 Å². The number of imidazole rings is 1. The molecule has 2 unspecified atom stereocenters. The molecule has 1 aromatic rings. The van der Waals surface area contributed by atoms with E-state index in [0.717, 1.165) is 18.7 Å². The topological polar surface area (TPSA) is 83.8 Å². The summed E-state index contributed by atoms with van der Waals surface area (Å²) in [6.07, 6.45) is 5.71. The number of rotatable bonds is 7. The number of aromatic amines is 1. The van der Waals surface area contributed by atoms with Crippen LogP contribution in [0.15, 0.2) is 12.4 Å². The molecule has 1 rings (SSSR count). The molecule has 0 saturated carbocycles. The van der Waals surface area contributed by atoms with Crippen LogP contribution in [-0.2, 0) is 4.79 Å². The molecule has 5 nitrogen and oxygen atoms in total. The highest BCUT2D eigenvalue weighted by atomic mass is 32.1. The molecule has 0 spiro atoms. The van der Waals surface area contributed by atoms with Crippen LogP contribution in [0.3, 0.4) is 0 Å². The van der Waals surface area contributed by atoms with Gasteiger partial charge in [0.25, 0.3) is 0 Å². The predicted octanol–water partition coefficient (Wildman–Crippen LogP) is 1.68. The lowest BCUT2D eigenvalue weighted by molar-refractivity contribution is -0.124.